The van der Waals surface area contributed by atoms with Crippen molar-refractivity contribution in [2.75, 3.05) is 13.2 Å². The largest absolute Gasteiger partial charge is 0.457 e. The number of hydrogen-bond donors (Lipinski definition) is 2. The molecule has 0 bridgehead atoms. The summed E-state index contributed by atoms with van der Waals surface area (Å²) in [6.45, 7) is 23.2. The number of rotatable bonds is 14. The molecule has 0 aliphatic heterocycles. The summed E-state index contributed by atoms with van der Waals surface area (Å²) in [6, 6.07) is 0. The van der Waals surface area contributed by atoms with Crippen LogP contribution in [-0.2, 0) is 14.0 Å². The molecular weight excluding hydrogens is 444 g/mol. The molecule has 6 heteroatoms. The molecule has 0 unspecified atom stereocenters. The predicted molar refractivity (Wildman–Crippen MR) is 145 cm³/mol. The Morgan fingerprint density at radius 2 is 1.56 bits per heavy atom. The second-order valence-corrected chi connectivity index (χ2v) is 17.4. The van der Waals surface area contributed by atoms with Gasteiger partial charge in [0.15, 0.2) is 8.32 Å². The van der Waals surface area contributed by atoms with E-state index in [4.69, 9.17) is 9.16 Å². The summed E-state index contributed by atoms with van der Waals surface area (Å²) < 4.78 is 11.6. The molecular formula is C28H54O5Si. The standard InChI is InChI=1S/C28H54O5Si/c1-21(16-22(2)17-23(3)18-26(31)33-27(4,5)6)14-12-13-15-25(30)24(19-29)20-32-34(10,11)28(7,8)9/h17-18,21,24-25,29-30H,12-16,19-20H2,1-11H3/b22-17+,23-18+/t21-,24-,25-/m1/s1. The van der Waals surface area contributed by atoms with Crippen LogP contribution >= 0.6 is 0 Å². The van der Waals surface area contributed by atoms with Crippen molar-refractivity contribution >= 4 is 14.3 Å². The number of ether oxygens (including phenoxy) is 1. The third kappa shape index (κ3) is 14.4. The van der Waals surface area contributed by atoms with Gasteiger partial charge < -0.3 is 19.4 Å². The van der Waals surface area contributed by atoms with Gasteiger partial charge in [0.2, 0.25) is 0 Å². The molecule has 2 N–H and O–H groups in total. The summed E-state index contributed by atoms with van der Waals surface area (Å²) in [5, 5.41) is 20.5. The second-order valence-electron chi connectivity index (χ2n) is 12.6. The average Bonchev–Trinajstić information content (AvgIpc) is 2.62. The summed E-state index contributed by atoms with van der Waals surface area (Å²) in [5.41, 5.74) is 1.66. The Morgan fingerprint density at radius 3 is 2.06 bits per heavy atom. The van der Waals surface area contributed by atoms with E-state index in [1.165, 1.54) is 5.57 Å². The molecule has 0 aromatic carbocycles. The van der Waals surface area contributed by atoms with Crippen LogP contribution in [0.4, 0.5) is 0 Å². The Labute approximate surface area is 211 Å². The van der Waals surface area contributed by atoms with E-state index in [0.717, 1.165) is 31.3 Å². The molecule has 5 nitrogen and oxygen atoms in total. The van der Waals surface area contributed by atoms with Crippen molar-refractivity contribution in [1.82, 2.24) is 0 Å². The third-order valence-electron chi connectivity index (χ3n) is 6.59. The monoisotopic (exact) mass is 498 g/mol. The number of carbonyl (C=O) groups excluding carboxylic acids is 1. The van der Waals surface area contributed by atoms with Crippen LogP contribution in [0.1, 0.15) is 94.4 Å². The number of unbranched alkanes of at least 4 members (excludes halogenated alkanes) is 1. The first-order chi connectivity index (χ1) is 15.4. The minimum absolute atomic E-state index is 0.0493. The molecule has 0 spiro atoms. The molecule has 0 saturated heterocycles. The summed E-state index contributed by atoms with van der Waals surface area (Å²) >= 11 is 0. The molecule has 0 aliphatic carbocycles. The van der Waals surface area contributed by atoms with Gasteiger partial charge >= 0.3 is 5.97 Å². The molecule has 200 valence electrons. The lowest BCUT2D eigenvalue weighted by atomic mass is 9.93. The maximum Gasteiger partial charge on any atom is 0.331 e. The Bertz CT molecular complexity index is 667. The lowest BCUT2D eigenvalue weighted by Gasteiger charge is -2.37. The van der Waals surface area contributed by atoms with Gasteiger partial charge in [0.05, 0.1) is 12.7 Å². The molecule has 0 saturated carbocycles. The fourth-order valence-electron chi connectivity index (χ4n) is 3.56. The van der Waals surface area contributed by atoms with E-state index in [2.05, 4.69) is 53.8 Å². The van der Waals surface area contributed by atoms with Gasteiger partial charge in [-0.3, -0.25) is 0 Å². The molecule has 0 amide bonds. The van der Waals surface area contributed by atoms with Crippen LogP contribution in [0, 0.1) is 11.8 Å². The van der Waals surface area contributed by atoms with Gasteiger partial charge in [-0.1, -0.05) is 58.6 Å². The number of aliphatic hydroxyl groups is 2. The highest BCUT2D eigenvalue weighted by atomic mass is 28.4. The Hall–Kier alpha value is -0.953. The van der Waals surface area contributed by atoms with E-state index in [-0.39, 0.29) is 23.5 Å². The lowest BCUT2D eigenvalue weighted by molar-refractivity contribution is -0.148. The Balaban J connectivity index is 4.45. The van der Waals surface area contributed by atoms with E-state index in [1.54, 1.807) is 6.08 Å². The van der Waals surface area contributed by atoms with Crippen LogP contribution in [0.3, 0.4) is 0 Å². The van der Waals surface area contributed by atoms with Crippen LogP contribution in [0.5, 0.6) is 0 Å². The van der Waals surface area contributed by atoms with Crippen molar-refractivity contribution in [2.45, 2.75) is 124 Å². The zero-order chi connectivity index (χ0) is 26.7. The molecule has 0 radical (unpaired) electrons. The van der Waals surface area contributed by atoms with E-state index in [1.807, 2.05) is 27.7 Å². The highest BCUT2D eigenvalue weighted by Gasteiger charge is 2.38. The first kappa shape index (κ1) is 33.0. The molecule has 3 atom stereocenters. The van der Waals surface area contributed by atoms with Crippen LogP contribution in [0.15, 0.2) is 23.3 Å². The normalized spacial score (nSPS) is 16.9. The topological polar surface area (TPSA) is 76.0 Å². The number of aliphatic hydroxyl groups excluding tert-OH is 2. The Kier molecular flexibility index (Phi) is 14.2. The highest BCUT2D eigenvalue weighted by Crippen LogP contribution is 2.37. The molecule has 34 heavy (non-hydrogen) atoms. The zero-order valence-corrected chi connectivity index (χ0v) is 25.0. The minimum Gasteiger partial charge on any atom is -0.457 e. The first-order valence-electron chi connectivity index (χ1n) is 12.9. The van der Waals surface area contributed by atoms with Crippen molar-refractivity contribution in [3.05, 3.63) is 23.3 Å². The molecule has 0 fully saturated rings. The van der Waals surface area contributed by atoms with E-state index in [9.17, 15) is 15.0 Å². The van der Waals surface area contributed by atoms with Gasteiger partial charge in [0, 0.05) is 18.6 Å². The van der Waals surface area contributed by atoms with Crippen molar-refractivity contribution in [3.8, 4) is 0 Å². The van der Waals surface area contributed by atoms with Crippen molar-refractivity contribution in [1.29, 1.82) is 0 Å². The number of carbonyl (C=O) groups is 1. The third-order valence-corrected chi connectivity index (χ3v) is 11.1. The smallest absolute Gasteiger partial charge is 0.331 e. The Morgan fingerprint density at radius 1 is 1.00 bits per heavy atom. The number of hydrogen-bond acceptors (Lipinski definition) is 5. The number of allylic oxidation sites excluding steroid dienone is 3. The summed E-state index contributed by atoms with van der Waals surface area (Å²) in [6.07, 6.45) is 7.78. The van der Waals surface area contributed by atoms with Crippen LogP contribution < -0.4 is 0 Å². The average molecular weight is 499 g/mol. The summed E-state index contributed by atoms with van der Waals surface area (Å²) in [7, 11) is -1.89. The van der Waals surface area contributed by atoms with E-state index < -0.39 is 20.0 Å². The fraction of sp³-hybridized carbons (Fsp3) is 0.821. The zero-order valence-electron chi connectivity index (χ0n) is 24.0. The molecule has 0 heterocycles. The van der Waals surface area contributed by atoms with Crippen molar-refractivity contribution in [3.63, 3.8) is 0 Å². The molecule has 0 rings (SSSR count). The first-order valence-corrected chi connectivity index (χ1v) is 15.8. The van der Waals surface area contributed by atoms with Crippen molar-refractivity contribution < 1.29 is 24.2 Å². The maximum absolute atomic E-state index is 11.9. The van der Waals surface area contributed by atoms with E-state index in [0.29, 0.717) is 18.9 Å². The van der Waals surface area contributed by atoms with Gasteiger partial charge in [-0.05, 0) is 77.1 Å². The highest BCUT2D eigenvalue weighted by molar-refractivity contribution is 6.74. The van der Waals surface area contributed by atoms with E-state index >= 15 is 0 Å². The quantitative estimate of drug-likeness (QED) is 0.0905. The molecule has 0 aliphatic rings. The van der Waals surface area contributed by atoms with Crippen molar-refractivity contribution in [2.24, 2.45) is 11.8 Å². The lowest BCUT2D eigenvalue weighted by Crippen LogP contribution is -2.43. The number of esters is 1. The van der Waals surface area contributed by atoms with Gasteiger partial charge in [-0.25, -0.2) is 4.79 Å². The summed E-state index contributed by atoms with van der Waals surface area (Å²) in [4.78, 5) is 11.9. The second kappa shape index (κ2) is 14.6. The van der Waals surface area contributed by atoms with Gasteiger partial charge in [-0.15, -0.1) is 0 Å². The SMILES string of the molecule is CC(=C\C(=O)OC(C)(C)C)/C=C(\C)C[C@H](C)CCCC[C@@H](O)[C@H](CO)CO[Si](C)(C)C(C)(C)C. The van der Waals surface area contributed by atoms with Gasteiger partial charge in [0.1, 0.15) is 5.60 Å². The van der Waals surface area contributed by atoms with Crippen LogP contribution in [0.25, 0.3) is 0 Å². The molecule has 0 aromatic heterocycles. The van der Waals surface area contributed by atoms with Gasteiger partial charge in [-0.2, -0.15) is 0 Å². The maximum atomic E-state index is 11.9. The fourth-order valence-corrected chi connectivity index (χ4v) is 4.62. The minimum atomic E-state index is -1.89. The van der Waals surface area contributed by atoms with Crippen LogP contribution in [-0.4, -0.2) is 49.4 Å². The van der Waals surface area contributed by atoms with Gasteiger partial charge in [0.25, 0.3) is 0 Å². The predicted octanol–water partition coefficient (Wildman–Crippen LogP) is 6.80. The van der Waals surface area contributed by atoms with Crippen LogP contribution in [0.2, 0.25) is 18.1 Å². The summed E-state index contributed by atoms with van der Waals surface area (Å²) in [5.74, 6) is -0.00806. The molecule has 0 aromatic rings.